The van der Waals surface area contributed by atoms with Crippen molar-refractivity contribution >= 4 is 50.7 Å². The molecule has 4 aromatic carbocycles. The van der Waals surface area contributed by atoms with E-state index in [2.05, 4.69) is 5.32 Å². The van der Waals surface area contributed by atoms with E-state index in [0.717, 1.165) is 15.4 Å². The van der Waals surface area contributed by atoms with Crippen molar-refractivity contribution in [2.45, 2.75) is 57.1 Å². The number of aryl methyl sites for hydroxylation is 1. The van der Waals surface area contributed by atoms with Crippen LogP contribution in [0.15, 0.2) is 102 Å². The molecule has 248 valence electrons. The van der Waals surface area contributed by atoms with Gasteiger partial charge in [-0.25, -0.2) is 8.42 Å². The molecule has 0 unspecified atom stereocenters. The first-order chi connectivity index (χ1) is 22.4. The number of nitrogens with zero attached hydrogens (tertiary/aromatic N) is 2. The van der Waals surface area contributed by atoms with E-state index in [1.807, 2.05) is 57.2 Å². The summed E-state index contributed by atoms with van der Waals surface area (Å²) in [4.78, 5) is 30.0. The number of sulfonamides is 1. The predicted octanol–water partition coefficient (Wildman–Crippen LogP) is 7.06. The van der Waals surface area contributed by atoms with Crippen molar-refractivity contribution in [1.29, 1.82) is 0 Å². The summed E-state index contributed by atoms with van der Waals surface area (Å²) in [5.41, 5.74) is 2.52. The fourth-order valence-electron chi connectivity index (χ4n) is 5.01. The summed E-state index contributed by atoms with van der Waals surface area (Å²) in [5, 5.41) is 3.43. The van der Waals surface area contributed by atoms with Gasteiger partial charge in [0.25, 0.3) is 10.0 Å². The highest BCUT2D eigenvalue weighted by Crippen LogP contribution is 2.30. The lowest BCUT2D eigenvalue weighted by Crippen LogP contribution is -2.54. The van der Waals surface area contributed by atoms with Crippen molar-refractivity contribution in [3.63, 3.8) is 0 Å². The van der Waals surface area contributed by atoms with Crippen LogP contribution in [0.4, 0.5) is 5.69 Å². The van der Waals surface area contributed by atoms with Gasteiger partial charge in [0, 0.05) is 29.1 Å². The molecule has 0 radical (unpaired) electrons. The van der Waals surface area contributed by atoms with E-state index in [9.17, 15) is 18.0 Å². The molecule has 2 atom stereocenters. The van der Waals surface area contributed by atoms with Crippen LogP contribution < -0.4 is 14.4 Å². The molecule has 0 aliphatic carbocycles. The molecule has 4 rings (SSSR count). The number of rotatable bonds is 14. The lowest BCUT2D eigenvalue weighted by molar-refractivity contribution is -0.140. The summed E-state index contributed by atoms with van der Waals surface area (Å²) in [5.74, 6) is -0.367. The summed E-state index contributed by atoms with van der Waals surface area (Å²) >= 11 is 12.6. The van der Waals surface area contributed by atoms with Crippen LogP contribution in [0.5, 0.6) is 5.75 Å². The number of anilines is 1. The Hall–Kier alpha value is -4.05. The minimum atomic E-state index is -4.30. The standard InChI is InChI=1S/C36H39Cl2N3O5S/c1-5-26(3)39-36(43)34(19-27-10-7-6-8-11-27)40(23-28-12-9-13-32(18-28)46-4)35(42)24-41(31-21-29(37)20-30(38)22-31)47(44,45)33-16-14-25(2)15-17-33/h6-18,20-22,26,34H,5,19,23-24H2,1-4H3,(H,39,43)/t26-,34+/m1/s1. The first-order valence-corrected chi connectivity index (χ1v) is 17.4. The van der Waals surface area contributed by atoms with Crippen molar-refractivity contribution in [3.05, 3.63) is 124 Å². The van der Waals surface area contributed by atoms with E-state index >= 15 is 0 Å². The molecule has 0 aromatic heterocycles. The Balaban J connectivity index is 1.84. The number of amides is 2. The Morgan fingerprint density at radius 1 is 0.872 bits per heavy atom. The first kappa shape index (κ1) is 35.8. The molecular weight excluding hydrogens is 657 g/mol. The van der Waals surface area contributed by atoms with E-state index in [0.29, 0.717) is 17.7 Å². The maximum atomic E-state index is 14.6. The number of carbonyl (C=O) groups is 2. The molecule has 11 heteroatoms. The zero-order valence-electron chi connectivity index (χ0n) is 26.8. The summed E-state index contributed by atoms with van der Waals surface area (Å²) in [6, 6.07) is 26.1. The van der Waals surface area contributed by atoms with Gasteiger partial charge in [-0.2, -0.15) is 0 Å². The van der Waals surface area contributed by atoms with Gasteiger partial charge in [0.15, 0.2) is 0 Å². The third-order valence-electron chi connectivity index (χ3n) is 7.78. The van der Waals surface area contributed by atoms with Gasteiger partial charge in [-0.15, -0.1) is 0 Å². The maximum absolute atomic E-state index is 14.6. The minimum absolute atomic E-state index is 0.0101. The maximum Gasteiger partial charge on any atom is 0.264 e. The quantitative estimate of drug-likeness (QED) is 0.152. The molecule has 0 fully saturated rings. The molecule has 2 amide bonds. The zero-order chi connectivity index (χ0) is 34.1. The van der Waals surface area contributed by atoms with Crippen molar-refractivity contribution in [3.8, 4) is 5.75 Å². The zero-order valence-corrected chi connectivity index (χ0v) is 29.1. The van der Waals surface area contributed by atoms with Gasteiger partial charge in [0.1, 0.15) is 18.3 Å². The van der Waals surface area contributed by atoms with Crippen molar-refractivity contribution < 1.29 is 22.7 Å². The van der Waals surface area contributed by atoms with E-state index in [-0.39, 0.29) is 45.5 Å². The predicted molar refractivity (Wildman–Crippen MR) is 188 cm³/mol. The normalized spacial score (nSPS) is 12.6. The second-order valence-electron chi connectivity index (χ2n) is 11.3. The first-order valence-electron chi connectivity index (χ1n) is 15.2. The summed E-state index contributed by atoms with van der Waals surface area (Å²) < 4.78 is 34.8. The average Bonchev–Trinajstić information content (AvgIpc) is 3.05. The highest BCUT2D eigenvalue weighted by molar-refractivity contribution is 7.92. The van der Waals surface area contributed by atoms with Crippen LogP contribution in [0, 0.1) is 6.92 Å². The highest BCUT2D eigenvalue weighted by atomic mass is 35.5. The second kappa shape index (κ2) is 16.2. The summed E-state index contributed by atoms with van der Waals surface area (Å²) in [7, 11) is -2.75. The largest absolute Gasteiger partial charge is 0.497 e. The van der Waals surface area contributed by atoms with Gasteiger partial charge < -0.3 is 15.0 Å². The number of hydrogen-bond acceptors (Lipinski definition) is 5. The number of methoxy groups -OCH3 is 1. The fourth-order valence-corrected chi connectivity index (χ4v) is 6.92. The Morgan fingerprint density at radius 2 is 1.51 bits per heavy atom. The molecule has 0 saturated heterocycles. The van der Waals surface area contributed by atoms with Gasteiger partial charge in [-0.05, 0) is 73.9 Å². The van der Waals surface area contributed by atoms with Gasteiger partial charge in [-0.3, -0.25) is 13.9 Å². The Morgan fingerprint density at radius 3 is 2.13 bits per heavy atom. The number of ether oxygens (including phenoxy) is 1. The number of hydrogen-bond donors (Lipinski definition) is 1. The van der Waals surface area contributed by atoms with Crippen molar-refractivity contribution in [2.24, 2.45) is 0 Å². The van der Waals surface area contributed by atoms with E-state index in [4.69, 9.17) is 27.9 Å². The lowest BCUT2D eigenvalue weighted by Gasteiger charge is -2.34. The number of halogens is 2. The topological polar surface area (TPSA) is 96.0 Å². The molecule has 8 nitrogen and oxygen atoms in total. The summed E-state index contributed by atoms with van der Waals surface area (Å²) in [6.45, 7) is 5.09. The average molecular weight is 697 g/mol. The lowest BCUT2D eigenvalue weighted by atomic mass is 10.0. The van der Waals surface area contributed by atoms with E-state index in [1.165, 1.54) is 35.2 Å². The number of carbonyl (C=O) groups excluding carboxylic acids is 2. The molecule has 0 spiro atoms. The minimum Gasteiger partial charge on any atom is -0.497 e. The molecule has 0 saturated carbocycles. The third-order valence-corrected chi connectivity index (χ3v) is 10.0. The summed E-state index contributed by atoms with van der Waals surface area (Å²) in [6.07, 6.45) is 0.887. The molecule has 1 N–H and O–H groups in total. The smallest absolute Gasteiger partial charge is 0.264 e. The van der Waals surface area contributed by atoms with Crippen molar-refractivity contribution in [1.82, 2.24) is 10.2 Å². The molecule has 0 heterocycles. The third kappa shape index (κ3) is 9.50. The van der Waals surface area contributed by atoms with Gasteiger partial charge in [-0.1, -0.05) is 90.3 Å². The van der Waals surface area contributed by atoms with Crippen LogP contribution in [-0.4, -0.2) is 50.9 Å². The Labute approximate surface area is 287 Å². The van der Waals surface area contributed by atoms with Gasteiger partial charge in [0.05, 0.1) is 17.7 Å². The molecule has 0 bridgehead atoms. The molecule has 0 aliphatic rings. The van der Waals surface area contributed by atoms with Crippen LogP contribution >= 0.6 is 23.2 Å². The fraction of sp³-hybridized carbons (Fsp3) is 0.278. The second-order valence-corrected chi connectivity index (χ2v) is 14.1. The molecule has 4 aromatic rings. The Kier molecular flexibility index (Phi) is 12.3. The van der Waals surface area contributed by atoms with Crippen LogP contribution in [0.1, 0.15) is 37.0 Å². The van der Waals surface area contributed by atoms with Gasteiger partial charge >= 0.3 is 0 Å². The van der Waals surface area contributed by atoms with Crippen LogP contribution in [0.25, 0.3) is 0 Å². The number of nitrogens with one attached hydrogen (secondary N) is 1. The SMILES string of the molecule is CC[C@@H](C)NC(=O)[C@H](Cc1ccccc1)N(Cc1cccc(OC)c1)C(=O)CN(c1cc(Cl)cc(Cl)c1)S(=O)(=O)c1ccc(C)cc1. The van der Waals surface area contributed by atoms with E-state index in [1.54, 1.807) is 37.4 Å². The van der Waals surface area contributed by atoms with Crippen molar-refractivity contribution in [2.75, 3.05) is 18.0 Å². The van der Waals surface area contributed by atoms with Crippen LogP contribution in [-0.2, 0) is 32.6 Å². The molecule has 47 heavy (non-hydrogen) atoms. The highest BCUT2D eigenvalue weighted by Gasteiger charge is 2.35. The Bertz CT molecular complexity index is 1770. The van der Waals surface area contributed by atoms with E-state index < -0.39 is 28.5 Å². The molecular formula is C36H39Cl2N3O5S. The van der Waals surface area contributed by atoms with Gasteiger partial charge in [0.2, 0.25) is 11.8 Å². The molecule has 0 aliphatic heterocycles. The van der Waals surface area contributed by atoms with Crippen LogP contribution in [0.3, 0.4) is 0 Å². The van der Waals surface area contributed by atoms with Crippen LogP contribution in [0.2, 0.25) is 10.0 Å². The monoisotopic (exact) mass is 695 g/mol. The number of benzene rings is 4.